The van der Waals surface area contributed by atoms with E-state index in [1.54, 1.807) is 12.1 Å². The molecule has 166 valence electrons. The highest BCUT2D eigenvalue weighted by atomic mass is 16.5. The highest BCUT2D eigenvalue weighted by Crippen LogP contribution is 2.20. The van der Waals surface area contributed by atoms with Gasteiger partial charge in [-0.2, -0.15) is 0 Å². The van der Waals surface area contributed by atoms with E-state index in [0.29, 0.717) is 5.56 Å². The number of nitrogens with two attached hydrogens (primary N) is 1. The summed E-state index contributed by atoms with van der Waals surface area (Å²) < 4.78 is 0. The van der Waals surface area contributed by atoms with Crippen molar-refractivity contribution >= 4 is 17.7 Å². The molecule has 9 heteroatoms. The molecule has 0 radical (unpaired) electrons. The van der Waals surface area contributed by atoms with E-state index < -0.39 is 35.9 Å². The number of nitrogens with one attached hydrogen (secondary N) is 3. The third-order valence-corrected chi connectivity index (χ3v) is 4.87. The van der Waals surface area contributed by atoms with Crippen LogP contribution >= 0.6 is 0 Å². The van der Waals surface area contributed by atoms with E-state index in [2.05, 4.69) is 29.7 Å². The Kier molecular flexibility index (Phi) is 8.68. The molecule has 0 saturated heterocycles. The summed E-state index contributed by atoms with van der Waals surface area (Å²) in [6.07, 6.45) is -0.318. The monoisotopic (exact) mass is 428 g/mol. The van der Waals surface area contributed by atoms with Crippen molar-refractivity contribution in [3.63, 3.8) is 0 Å². The molecule has 2 aromatic carbocycles. The molecule has 3 amide bonds. The number of rotatable bonds is 9. The van der Waals surface area contributed by atoms with Crippen LogP contribution in [-0.2, 0) is 16.0 Å². The largest absolute Gasteiger partial charge is 0.391 e. The van der Waals surface area contributed by atoms with E-state index in [4.69, 9.17) is 10.9 Å². The average Bonchev–Trinajstić information content (AvgIpc) is 2.80. The summed E-state index contributed by atoms with van der Waals surface area (Å²) >= 11 is 0. The highest BCUT2D eigenvalue weighted by molar-refractivity contribution is 5.98. The first-order valence-corrected chi connectivity index (χ1v) is 9.93. The molecule has 0 bridgehead atoms. The number of aryl methyl sites for hydroxylation is 1. The maximum absolute atomic E-state index is 12.5. The molecular formula is C22H28N4O5. The quantitative estimate of drug-likeness (QED) is 0.250. The molecule has 0 aromatic heterocycles. The Morgan fingerprint density at radius 3 is 1.94 bits per heavy atom. The molecule has 0 aliphatic rings. The van der Waals surface area contributed by atoms with Crippen LogP contribution in [0.4, 0.5) is 0 Å². The second-order valence-electron chi connectivity index (χ2n) is 7.09. The zero-order chi connectivity index (χ0) is 23.0. The molecule has 0 aliphatic carbocycles. The zero-order valence-corrected chi connectivity index (χ0v) is 17.5. The number of benzene rings is 2. The lowest BCUT2D eigenvalue weighted by molar-refractivity contribution is -0.137. The molecular weight excluding hydrogens is 400 g/mol. The van der Waals surface area contributed by atoms with Gasteiger partial charge in [-0.15, -0.1) is 0 Å². The van der Waals surface area contributed by atoms with Crippen molar-refractivity contribution in [3.05, 3.63) is 59.7 Å². The second kappa shape index (κ2) is 11.2. The minimum absolute atomic E-state index is 0.229. The Bertz CT molecular complexity index is 897. The van der Waals surface area contributed by atoms with Crippen molar-refractivity contribution in [1.29, 1.82) is 0 Å². The second-order valence-corrected chi connectivity index (χ2v) is 7.09. The normalized spacial score (nSPS) is 13.6. The molecule has 0 fully saturated rings. The van der Waals surface area contributed by atoms with Gasteiger partial charge >= 0.3 is 0 Å². The molecule has 2 rings (SSSR count). The first-order chi connectivity index (χ1) is 14.8. The minimum atomic E-state index is -1.40. The first-order valence-electron chi connectivity index (χ1n) is 9.93. The first kappa shape index (κ1) is 24.0. The number of carbonyl (C=O) groups excluding carboxylic acids is 3. The van der Waals surface area contributed by atoms with Gasteiger partial charge in [-0.1, -0.05) is 43.3 Å². The summed E-state index contributed by atoms with van der Waals surface area (Å²) in [5, 5.41) is 23.1. The van der Waals surface area contributed by atoms with Crippen LogP contribution in [0.15, 0.2) is 48.5 Å². The Balaban J connectivity index is 2.06. The summed E-state index contributed by atoms with van der Waals surface area (Å²) in [7, 11) is 0. The highest BCUT2D eigenvalue weighted by Gasteiger charge is 2.29. The van der Waals surface area contributed by atoms with Crippen LogP contribution in [0.5, 0.6) is 0 Å². The summed E-state index contributed by atoms with van der Waals surface area (Å²) in [6.45, 7) is 3.13. The Morgan fingerprint density at radius 1 is 0.935 bits per heavy atom. The van der Waals surface area contributed by atoms with E-state index in [1.807, 2.05) is 24.3 Å². The van der Waals surface area contributed by atoms with Crippen molar-refractivity contribution in [3.8, 4) is 11.1 Å². The third kappa shape index (κ3) is 6.35. The predicted molar refractivity (Wildman–Crippen MR) is 115 cm³/mol. The summed E-state index contributed by atoms with van der Waals surface area (Å²) in [6, 6.07) is 12.5. The topological polar surface area (TPSA) is 154 Å². The van der Waals surface area contributed by atoms with E-state index in [0.717, 1.165) is 17.5 Å². The molecule has 0 aliphatic heterocycles. The molecule has 0 spiro atoms. The van der Waals surface area contributed by atoms with E-state index >= 15 is 0 Å². The van der Waals surface area contributed by atoms with E-state index in [9.17, 15) is 19.5 Å². The van der Waals surface area contributed by atoms with Gasteiger partial charge in [-0.3, -0.25) is 19.6 Å². The van der Waals surface area contributed by atoms with E-state index in [1.165, 1.54) is 18.0 Å². The van der Waals surface area contributed by atoms with Crippen LogP contribution in [0.2, 0.25) is 0 Å². The van der Waals surface area contributed by atoms with Gasteiger partial charge in [0.2, 0.25) is 5.91 Å². The number of carbonyl (C=O) groups is 3. The fourth-order valence-corrected chi connectivity index (χ4v) is 2.95. The Hall–Kier alpha value is -3.27. The average molecular weight is 428 g/mol. The fraction of sp³-hybridized carbons (Fsp3) is 0.318. The lowest BCUT2D eigenvalue weighted by Crippen LogP contribution is -2.58. The van der Waals surface area contributed by atoms with Crippen LogP contribution in [0.3, 0.4) is 0 Å². The van der Waals surface area contributed by atoms with Crippen molar-refractivity contribution in [2.24, 2.45) is 5.73 Å². The molecule has 2 aromatic rings. The van der Waals surface area contributed by atoms with Gasteiger partial charge in [0.15, 0.2) is 0 Å². The van der Waals surface area contributed by atoms with Crippen molar-refractivity contribution < 1.29 is 24.7 Å². The molecule has 31 heavy (non-hydrogen) atoms. The predicted octanol–water partition coefficient (Wildman–Crippen LogP) is 0.344. The van der Waals surface area contributed by atoms with Crippen LogP contribution in [0.1, 0.15) is 29.8 Å². The summed E-state index contributed by atoms with van der Waals surface area (Å²) in [5.74, 6) is -2.27. The third-order valence-electron chi connectivity index (χ3n) is 4.87. The number of hydroxylamine groups is 1. The lowest BCUT2D eigenvalue weighted by Gasteiger charge is -2.23. The van der Waals surface area contributed by atoms with Gasteiger partial charge in [0, 0.05) is 12.1 Å². The van der Waals surface area contributed by atoms with Crippen LogP contribution in [0.25, 0.3) is 11.1 Å². The lowest BCUT2D eigenvalue weighted by atomic mass is 10.0. The van der Waals surface area contributed by atoms with Gasteiger partial charge in [-0.05, 0) is 42.2 Å². The van der Waals surface area contributed by atoms with E-state index in [-0.39, 0.29) is 6.54 Å². The number of hydrogen-bond donors (Lipinski definition) is 6. The molecule has 0 saturated carbocycles. The molecule has 7 N–H and O–H groups in total. The maximum Gasteiger partial charge on any atom is 0.268 e. The molecule has 0 unspecified atom stereocenters. The fourth-order valence-electron chi connectivity index (χ4n) is 2.95. The Labute approximate surface area is 180 Å². The number of aliphatic hydroxyl groups excluding tert-OH is 1. The van der Waals surface area contributed by atoms with Gasteiger partial charge in [0.1, 0.15) is 12.1 Å². The summed E-state index contributed by atoms with van der Waals surface area (Å²) in [4.78, 5) is 36.5. The number of aliphatic hydroxyl groups is 1. The van der Waals surface area contributed by atoms with Gasteiger partial charge in [0.05, 0.1) is 6.10 Å². The SMILES string of the molecule is CCc1ccc(-c2ccc(C(=O)N[C@@H](CN)C(=O)N[C@H](C(=O)NO)[C@@H](C)O)cc2)cc1. The zero-order valence-electron chi connectivity index (χ0n) is 17.5. The summed E-state index contributed by atoms with van der Waals surface area (Å²) in [5.41, 5.74) is 10.5. The van der Waals surface area contributed by atoms with Crippen LogP contribution in [-0.4, -0.2) is 52.8 Å². The van der Waals surface area contributed by atoms with Crippen molar-refractivity contribution in [2.45, 2.75) is 38.5 Å². The number of hydrogen-bond acceptors (Lipinski definition) is 6. The van der Waals surface area contributed by atoms with Crippen molar-refractivity contribution in [1.82, 2.24) is 16.1 Å². The van der Waals surface area contributed by atoms with Gasteiger partial charge in [-0.25, -0.2) is 5.48 Å². The maximum atomic E-state index is 12.5. The molecule has 3 atom stereocenters. The smallest absolute Gasteiger partial charge is 0.268 e. The number of amides is 3. The Morgan fingerprint density at radius 2 is 1.48 bits per heavy atom. The molecule has 0 heterocycles. The minimum Gasteiger partial charge on any atom is -0.391 e. The molecule has 9 nitrogen and oxygen atoms in total. The van der Waals surface area contributed by atoms with Crippen LogP contribution < -0.4 is 21.8 Å². The van der Waals surface area contributed by atoms with Gasteiger partial charge in [0.25, 0.3) is 11.8 Å². The van der Waals surface area contributed by atoms with Gasteiger partial charge < -0.3 is 21.5 Å². The van der Waals surface area contributed by atoms with Crippen molar-refractivity contribution in [2.75, 3.05) is 6.54 Å². The standard InChI is InChI=1S/C22H28N4O5/c1-3-14-4-6-15(7-5-14)16-8-10-17(11-9-16)20(28)24-18(12-23)21(29)25-19(13(2)27)22(30)26-31/h4-11,13,18-19,27,31H,3,12,23H2,1-2H3,(H,24,28)(H,25,29)(H,26,30)/t13-,18+,19+/m1/s1. The van der Waals surface area contributed by atoms with Crippen LogP contribution in [0, 0.1) is 0 Å².